The monoisotopic (exact) mass is 318 g/mol. The minimum Gasteiger partial charge on any atom is -0.465 e. The summed E-state index contributed by atoms with van der Waals surface area (Å²) in [6, 6.07) is 8.54. The Morgan fingerprint density at radius 2 is 1.61 bits per heavy atom. The Morgan fingerprint density at radius 3 is 2.13 bits per heavy atom. The maximum atomic E-state index is 6.42. The minimum absolute atomic E-state index is 0.0240. The van der Waals surface area contributed by atoms with Gasteiger partial charge in [-0.15, -0.1) is 0 Å². The van der Waals surface area contributed by atoms with Gasteiger partial charge in [0, 0.05) is 5.92 Å². The SMILES string of the molecule is CCC(C)c1ccc(OC(OC2(C)CCCCC2)C(C)C)cc1. The zero-order chi connectivity index (χ0) is 16.9. The molecule has 1 aliphatic carbocycles. The number of hydrogen-bond donors (Lipinski definition) is 0. The maximum absolute atomic E-state index is 6.42. The summed E-state index contributed by atoms with van der Waals surface area (Å²) in [4.78, 5) is 0. The number of ether oxygens (including phenoxy) is 2. The van der Waals surface area contributed by atoms with Crippen LogP contribution in [0, 0.1) is 5.92 Å². The van der Waals surface area contributed by atoms with Gasteiger partial charge in [0.1, 0.15) is 5.75 Å². The second-order valence-corrected chi connectivity index (χ2v) is 7.74. The van der Waals surface area contributed by atoms with E-state index in [1.807, 2.05) is 0 Å². The van der Waals surface area contributed by atoms with Crippen molar-refractivity contribution in [1.82, 2.24) is 0 Å². The van der Waals surface area contributed by atoms with Crippen molar-refractivity contribution in [3.8, 4) is 5.75 Å². The molecule has 130 valence electrons. The van der Waals surface area contributed by atoms with Crippen molar-refractivity contribution in [2.45, 2.75) is 91.0 Å². The van der Waals surface area contributed by atoms with Gasteiger partial charge < -0.3 is 9.47 Å². The number of benzene rings is 1. The Morgan fingerprint density at radius 1 is 1.00 bits per heavy atom. The summed E-state index contributed by atoms with van der Waals surface area (Å²) in [6.07, 6.45) is 7.15. The van der Waals surface area contributed by atoms with E-state index < -0.39 is 0 Å². The summed E-state index contributed by atoms with van der Waals surface area (Å²) < 4.78 is 12.6. The molecule has 2 heteroatoms. The van der Waals surface area contributed by atoms with Crippen molar-refractivity contribution in [2.75, 3.05) is 0 Å². The molecule has 1 aromatic rings. The Bertz CT molecular complexity index is 457. The van der Waals surface area contributed by atoms with Crippen LogP contribution in [0.25, 0.3) is 0 Å². The topological polar surface area (TPSA) is 18.5 Å². The van der Waals surface area contributed by atoms with E-state index in [4.69, 9.17) is 9.47 Å². The lowest BCUT2D eigenvalue weighted by molar-refractivity contribution is -0.194. The van der Waals surface area contributed by atoms with Gasteiger partial charge >= 0.3 is 0 Å². The lowest BCUT2D eigenvalue weighted by atomic mass is 9.86. The van der Waals surface area contributed by atoms with Gasteiger partial charge in [-0.25, -0.2) is 0 Å². The third-order valence-electron chi connectivity index (χ3n) is 5.17. The fraction of sp³-hybridized carbons (Fsp3) is 0.714. The Kier molecular flexibility index (Phi) is 6.52. The van der Waals surface area contributed by atoms with Gasteiger partial charge in [0.2, 0.25) is 6.29 Å². The van der Waals surface area contributed by atoms with E-state index in [-0.39, 0.29) is 11.9 Å². The Balaban J connectivity index is 2.01. The molecule has 1 aliphatic rings. The molecule has 2 rings (SSSR count). The first kappa shape index (κ1) is 18.3. The molecule has 2 nitrogen and oxygen atoms in total. The number of rotatable bonds is 7. The molecule has 0 heterocycles. The molecule has 0 radical (unpaired) electrons. The molecule has 2 unspecified atom stereocenters. The first-order valence-electron chi connectivity index (χ1n) is 9.38. The molecule has 1 saturated carbocycles. The normalized spacial score (nSPS) is 20.3. The van der Waals surface area contributed by atoms with E-state index in [0.717, 1.165) is 25.0 Å². The second kappa shape index (κ2) is 8.19. The average molecular weight is 319 g/mol. The van der Waals surface area contributed by atoms with Gasteiger partial charge in [0.05, 0.1) is 5.60 Å². The van der Waals surface area contributed by atoms with E-state index in [0.29, 0.717) is 11.8 Å². The number of hydrogen-bond acceptors (Lipinski definition) is 2. The van der Waals surface area contributed by atoms with Crippen LogP contribution in [-0.2, 0) is 4.74 Å². The van der Waals surface area contributed by atoms with Crippen molar-refractivity contribution in [2.24, 2.45) is 5.92 Å². The third-order valence-corrected chi connectivity index (χ3v) is 5.17. The first-order valence-corrected chi connectivity index (χ1v) is 9.38. The smallest absolute Gasteiger partial charge is 0.202 e. The van der Waals surface area contributed by atoms with Crippen molar-refractivity contribution < 1.29 is 9.47 Å². The molecule has 1 aromatic carbocycles. The van der Waals surface area contributed by atoms with Crippen molar-refractivity contribution in [3.63, 3.8) is 0 Å². The molecular weight excluding hydrogens is 284 g/mol. The highest BCUT2D eigenvalue weighted by Gasteiger charge is 2.32. The molecule has 23 heavy (non-hydrogen) atoms. The zero-order valence-electron chi connectivity index (χ0n) is 15.6. The van der Waals surface area contributed by atoms with E-state index in [1.165, 1.54) is 24.8 Å². The van der Waals surface area contributed by atoms with E-state index in [2.05, 4.69) is 58.9 Å². The molecule has 0 aliphatic heterocycles. The molecular formula is C21H34O2. The first-order chi connectivity index (χ1) is 10.9. The quantitative estimate of drug-likeness (QED) is 0.549. The van der Waals surface area contributed by atoms with Crippen LogP contribution >= 0.6 is 0 Å². The molecule has 0 amide bonds. The van der Waals surface area contributed by atoms with E-state index in [9.17, 15) is 0 Å². The fourth-order valence-corrected chi connectivity index (χ4v) is 3.24. The van der Waals surface area contributed by atoms with Gasteiger partial charge in [-0.2, -0.15) is 0 Å². The highest BCUT2D eigenvalue weighted by Crippen LogP contribution is 2.34. The summed E-state index contributed by atoms with van der Waals surface area (Å²) in [6.45, 7) is 11.1. The maximum Gasteiger partial charge on any atom is 0.202 e. The average Bonchev–Trinajstić information content (AvgIpc) is 2.54. The van der Waals surface area contributed by atoms with Crippen LogP contribution in [0.3, 0.4) is 0 Å². The predicted octanol–water partition coefficient (Wildman–Crippen LogP) is 6.30. The minimum atomic E-state index is -0.174. The van der Waals surface area contributed by atoms with Gasteiger partial charge in [-0.05, 0) is 49.8 Å². The molecule has 0 saturated heterocycles. The Labute approximate surface area is 142 Å². The van der Waals surface area contributed by atoms with Crippen LogP contribution in [0.4, 0.5) is 0 Å². The second-order valence-electron chi connectivity index (χ2n) is 7.74. The standard InChI is InChI=1S/C21H34O2/c1-6-17(4)18-10-12-19(13-11-18)22-20(16(2)3)23-21(5)14-8-7-9-15-21/h10-13,16-17,20H,6-9,14-15H2,1-5H3. The summed E-state index contributed by atoms with van der Waals surface area (Å²) >= 11 is 0. The summed E-state index contributed by atoms with van der Waals surface area (Å²) in [7, 11) is 0. The molecule has 0 N–H and O–H groups in total. The summed E-state index contributed by atoms with van der Waals surface area (Å²) in [5.41, 5.74) is 1.35. The van der Waals surface area contributed by atoms with Crippen molar-refractivity contribution in [3.05, 3.63) is 29.8 Å². The van der Waals surface area contributed by atoms with Crippen LogP contribution in [0.5, 0.6) is 5.75 Å². The fourth-order valence-electron chi connectivity index (χ4n) is 3.24. The zero-order valence-corrected chi connectivity index (χ0v) is 15.6. The van der Waals surface area contributed by atoms with E-state index in [1.54, 1.807) is 0 Å². The van der Waals surface area contributed by atoms with Crippen molar-refractivity contribution in [1.29, 1.82) is 0 Å². The van der Waals surface area contributed by atoms with Gasteiger partial charge in [-0.3, -0.25) is 0 Å². The largest absolute Gasteiger partial charge is 0.465 e. The van der Waals surface area contributed by atoms with Crippen LogP contribution in [0.15, 0.2) is 24.3 Å². The lowest BCUT2D eigenvalue weighted by Crippen LogP contribution is -2.40. The highest BCUT2D eigenvalue weighted by atomic mass is 16.7. The summed E-state index contributed by atoms with van der Waals surface area (Å²) in [5, 5.41) is 0. The predicted molar refractivity (Wildman–Crippen MR) is 97.0 cm³/mol. The van der Waals surface area contributed by atoms with Crippen LogP contribution < -0.4 is 4.74 Å². The highest BCUT2D eigenvalue weighted by molar-refractivity contribution is 5.29. The van der Waals surface area contributed by atoms with Crippen LogP contribution in [-0.4, -0.2) is 11.9 Å². The van der Waals surface area contributed by atoms with Crippen LogP contribution in [0.1, 0.15) is 84.6 Å². The third kappa shape index (κ3) is 5.24. The molecule has 1 fully saturated rings. The van der Waals surface area contributed by atoms with Crippen molar-refractivity contribution >= 4 is 0 Å². The van der Waals surface area contributed by atoms with E-state index >= 15 is 0 Å². The molecule has 0 bridgehead atoms. The van der Waals surface area contributed by atoms with Gasteiger partial charge in [0.15, 0.2) is 0 Å². The van der Waals surface area contributed by atoms with Crippen LogP contribution in [0.2, 0.25) is 0 Å². The molecule has 0 spiro atoms. The molecule has 0 aromatic heterocycles. The Hall–Kier alpha value is -1.02. The summed E-state index contributed by atoms with van der Waals surface area (Å²) in [5.74, 6) is 1.85. The lowest BCUT2D eigenvalue weighted by Gasteiger charge is -2.38. The van der Waals surface area contributed by atoms with Gasteiger partial charge in [0.25, 0.3) is 0 Å². The molecule has 2 atom stereocenters. The van der Waals surface area contributed by atoms with Gasteiger partial charge in [-0.1, -0.05) is 59.1 Å².